The number of fused-ring (bicyclic) bond motifs is 1. The molecule has 0 amide bonds. The van der Waals surface area contributed by atoms with Gasteiger partial charge in [0.15, 0.2) is 11.9 Å². The summed E-state index contributed by atoms with van der Waals surface area (Å²) in [7, 11) is 3.54. The molecule has 3 rings (SSSR count). The van der Waals surface area contributed by atoms with Gasteiger partial charge in [-0.25, -0.2) is 4.79 Å². The van der Waals surface area contributed by atoms with Crippen LogP contribution in [0.4, 0.5) is 0 Å². The number of carboxylic acids is 1. The Kier molecular flexibility index (Phi) is 6.79. The van der Waals surface area contributed by atoms with E-state index in [-0.39, 0.29) is 5.78 Å². The van der Waals surface area contributed by atoms with Crippen LogP contribution in [0.3, 0.4) is 0 Å². The maximum atomic E-state index is 12.9. The minimum atomic E-state index is -1.26. The Morgan fingerprint density at radius 2 is 1.67 bits per heavy atom. The van der Waals surface area contributed by atoms with Crippen molar-refractivity contribution in [2.45, 2.75) is 46.3 Å². The summed E-state index contributed by atoms with van der Waals surface area (Å²) in [5, 5.41) is 14.1. The van der Waals surface area contributed by atoms with Gasteiger partial charge < -0.3 is 19.7 Å². The van der Waals surface area contributed by atoms with Crippen molar-refractivity contribution in [2.24, 2.45) is 7.05 Å². The van der Waals surface area contributed by atoms with E-state index in [1.54, 1.807) is 7.05 Å². The van der Waals surface area contributed by atoms with Gasteiger partial charge >= 0.3 is 5.97 Å². The van der Waals surface area contributed by atoms with Crippen molar-refractivity contribution in [2.75, 3.05) is 7.05 Å². The van der Waals surface area contributed by atoms with Gasteiger partial charge in [-0.3, -0.25) is 4.79 Å². The summed E-state index contributed by atoms with van der Waals surface area (Å²) in [6.45, 7) is 8.99. The number of nitrogens with zero attached hydrogens (tertiary/aromatic N) is 1. The summed E-state index contributed by atoms with van der Waals surface area (Å²) in [5.74, 6) is -1.21. The summed E-state index contributed by atoms with van der Waals surface area (Å²) in [4.78, 5) is 25.3. The first-order valence-electron chi connectivity index (χ1n) is 10.9. The van der Waals surface area contributed by atoms with Gasteiger partial charge in [0.25, 0.3) is 0 Å². The second-order valence-corrected chi connectivity index (χ2v) is 9.21. The van der Waals surface area contributed by atoms with Gasteiger partial charge in [-0.2, -0.15) is 0 Å². The molecule has 0 aliphatic rings. The number of carbonyl (C=O) groups excluding carboxylic acids is 1. The van der Waals surface area contributed by atoms with E-state index < -0.39 is 17.7 Å². The molecule has 0 saturated carbocycles. The average Bonchev–Trinajstić information content (AvgIpc) is 3.03. The van der Waals surface area contributed by atoms with E-state index in [0.717, 1.165) is 22.0 Å². The number of aryl methyl sites for hydroxylation is 2. The fraction of sp³-hybridized carbons (Fsp3) is 0.333. The number of ketones is 1. The van der Waals surface area contributed by atoms with Crippen molar-refractivity contribution in [3.63, 3.8) is 0 Å². The molecule has 2 N–H and O–H groups in total. The number of hydrogen-bond acceptors (Lipinski definition) is 4. The van der Waals surface area contributed by atoms with Gasteiger partial charge in [-0.1, -0.05) is 48.0 Å². The predicted molar refractivity (Wildman–Crippen MR) is 131 cm³/mol. The van der Waals surface area contributed by atoms with Gasteiger partial charge in [0.05, 0.1) is 17.0 Å². The summed E-state index contributed by atoms with van der Waals surface area (Å²) in [6, 6.07) is 15.6. The maximum absolute atomic E-state index is 12.9. The molecule has 6 nitrogen and oxygen atoms in total. The number of benzene rings is 2. The molecule has 33 heavy (non-hydrogen) atoms. The van der Waals surface area contributed by atoms with Crippen LogP contribution < -0.4 is 5.32 Å². The zero-order valence-corrected chi connectivity index (χ0v) is 20.3. The third kappa shape index (κ3) is 4.86. The van der Waals surface area contributed by atoms with Crippen molar-refractivity contribution in [3.05, 3.63) is 76.6 Å². The fourth-order valence-electron chi connectivity index (χ4n) is 4.19. The lowest BCUT2D eigenvalue weighted by Crippen LogP contribution is -2.39. The number of likely N-dealkylation sites (N-methyl/N-ethyl adjacent to an activating group) is 1. The monoisotopic (exact) mass is 448 g/mol. The summed E-state index contributed by atoms with van der Waals surface area (Å²) >= 11 is 0. The highest BCUT2D eigenvalue weighted by Crippen LogP contribution is 2.38. The predicted octanol–water partition coefficient (Wildman–Crippen LogP) is 4.94. The van der Waals surface area contributed by atoms with E-state index in [1.807, 2.05) is 87.8 Å². The van der Waals surface area contributed by atoms with Crippen molar-refractivity contribution < 1.29 is 19.4 Å². The number of carboxylic acid groups (broad SMARTS) is 1. The van der Waals surface area contributed by atoms with Crippen LogP contribution in [-0.2, 0) is 16.6 Å². The minimum Gasteiger partial charge on any atom is -0.479 e. The third-order valence-electron chi connectivity index (χ3n) is 5.53. The lowest BCUT2D eigenvalue weighted by atomic mass is 9.90. The van der Waals surface area contributed by atoms with E-state index in [1.165, 1.54) is 6.92 Å². The van der Waals surface area contributed by atoms with Crippen LogP contribution in [0, 0.1) is 6.92 Å². The molecule has 0 fully saturated rings. The van der Waals surface area contributed by atoms with Gasteiger partial charge in [0.2, 0.25) is 0 Å². The Bertz CT molecular complexity index is 1230. The molecule has 0 bridgehead atoms. The number of carbonyl (C=O) groups is 2. The molecule has 0 radical (unpaired) electrons. The van der Waals surface area contributed by atoms with E-state index in [2.05, 4.69) is 5.32 Å². The molecular weight excluding hydrogens is 416 g/mol. The highest BCUT2D eigenvalue weighted by atomic mass is 16.5. The lowest BCUT2D eigenvalue weighted by molar-refractivity contribution is -0.156. The Labute approximate surface area is 194 Å². The summed E-state index contributed by atoms with van der Waals surface area (Å²) in [5.41, 5.74) is 4.29. The van der Waals surface area contributed by atoms with Crippen LogP contribution in [0.2, 0.25) is 0 Å². The minimum absolute atomic E-state index is 0.104. The van der Waals surface area contributed by atoms with Crippen LogP contribution in [0.15, 0.2) is 54.2 Å². The Hall–Kier alpha value is -3.38. The summed E-state index contributed by atoms with van der Waals surface area (Å²) < 4.78 is 7.88. The molecule has 6 heteroatoms. The van der Waals surface area contributed by atoms with Gasteiger partial charge in [-0.05, 0) is 39.3 Å². The number of aliphatic carboxylic acids is 1. The first-order chi connectivity index (χ1) is 15.5. The molecule has 1 aromatic heterocycles. The van der Waals surface area contributed by atoms with E-state index in [4.69, 9.17) is 4.74 Å². The van der Waals surface area contributed by atoms with Crippen LogP contribution in [-0.4, -0.2) is 40.2 Å². The van der Waals surface area contributed by atoms with Crippen LogP contribution in [0.1, 0.15) is 54.9 Å². The highest BCUT2D eigenvalue weighted by molar-refractivity contribution is 6.10. The first-order valence-corrected chi connectivity index (χ1v) is 10.9. The van der Waals surface area contributed by atoms with E-state index >= 15 is 0 Å². The van der Waals surface area contributed by atoms with Gasteiger partial charge in [-0.15, -0.1) is 0 Å². The molecule has 0 spiro atoms. The number of nitrogens with one attached hydrogen (secondary N) is 1. The molecule has 1 unspecified atom stereocenters. The molecular formula is C27H32N2O4. The van der Waals surface area contributed by atoms with Crippen LogP contribution in [0.5, 0.6) is 0 Å². The van der Waals surface area contributed by atoms with Crippen LogP contribution >= 0.6 is 0 Å². The Morgan fingerprint density at radius 1 is 1.06 bits per heavy atom. The summed E-state index contributed by atoms with van der Waals surface area (Å²) in [6.07, 6.45) is -1.26. The molecule has 174 valence electrons. The average molecular weight is 449 g/mol. The largest absolute Gasteiger partial charge is 0.479 e. The van der Waals surface area contributed by atoms with Gasteiger partial charge in [0.1, 0.15) is 0 Å². The molecule has 0 aliphatic heterocycles. The number of rotatable bonds is 7. The molecule has 1 heterocycles. The van der Waals surface area contributed by atoms with Crippen molar-refractivity contribution in [3.8, 4) is 0 Å². The molecule has 0 aliphatic carbocycles. The molecule has 3 aromatic rings. The topological polar surface area (TPSA) is 80.6 Å². The second-order valence-electron chi connectivity index (χ2n) is 9.21. The fourth-order valence-corrected chi connectivity index (χ4v) is 4.19. The number of hydrogen-bond donors (Lipinski definition) is 2. The zero-order valence-electron chi connectivity index (χ0n) is 20.3. The third-order valence-corrected chi connectivity index (χ3v) is 5.53. The zero-order chi connectivity index (χ0) is 24.5. The molecule has 2 aromatic carbocycles. The van der Waals surface area contributed by atoms with E-state index in [9.17, 15) is 14.7 Å². The van der Waals surface area contributed by atoms with Crippen molar-refractivity contribution in [1.29, 1.82) is 0 Å². The number of aromatic nitrogens is 1. The Morgan fingerprint density at radius 3 is 2.18 bits per heavy atom. The highest BCUT2D eigenvalue weighted by Gasteiger charge is 2.33. The lowest BCUT2D eigenvalue weighted by Gasteiger charge is -2.28. The molecule has 0 saturated heterocycles. The Balaban J connectivity index is 2.51. The van der Waals surface area contributed by atoms with Crippen molar-refractivity contribution in [1.82, 2.24) is 9.88 Å². The maximum Gasteiger partial charge on any atom is 0.339 e. The standard InChI is InChI=1S/C27H32N2O4/c1-16-12-14-18(15-13-16)21(23(28-6)25(26(31)32)33-27(3,4)5)22-19-10-8-9-11-20(19)29(7)24(22)17(2)30/h8-15,25,28H,1-7H3,(H,31,32)/b23-21-. The number of ether oxygens (including phenoxy) is 1. The number of Topliss-reactive ketones (excluding diaryl/α,β-unsaturated/α-hetero) is 1. The SMILES string of the molecule is CN/C(=C(/c1ccc(C)cc1)c1c(C(C)=O)n(C)c2ccccc12)C(OC(C)(C)C)C(=O)O. The van der Waals surface area contributed by atoms with Crippen molar-refractivity contribution >= 4 is 28.2 Å². The van der Waals surface area contributed by atoms with E-state index in [0.29, 0.717) is 22.5 Å². The smallest absolute Gasteiger partial charge is 0.339 e. The van der Waals surface area contributed by atoms with Crippen LogP contribution in [0.25, 0.3) is 16.5 Å². The quantitative estimate of drug-likeness (QED) is 0.501. The second kappa shape index (κ2) is 9.24. The molecule has 1 atom stereocenters. The normalized spacial score (nSPS) is 13.5. The first kappa shape index (κ1) is 24.3. The van der Waals surface area contributed by atoms with Gasteiger partial charge in [0, 0.05) is 43.1 Å². The number of para-hydroxylation sites is 1.